The molecule has 1 aliphatic carbocycles. The summed E-state index contributed by atoms with van der Waals surface area (Å²) in [5.74, 6) is -0.649. The molecule has 0 radical (unpaired) electrons. The van der Waals surface area contributed by atoms with E-state index in [0.717, 1.165) is 12.8 Å². The number of aryl methyl sites for hydroxylation is 1. The summed E-state index contributed by atoms with van der Waals surface area (Å²) in [4.78, 5) is 16.7. The zero-order chi connectivity index (χ0) is 21.3. The van der Waals surface area contributed by atoms with Gasteiger partial charge in [0.25, 0.3) is 5.91 Å². The third-order valence-corrected chi connectivity index (χ3v) is 5.20. The van der Waals surface area contributed by atoms with Crippen LogP contribution < -0.4 is 10.6 Å². The van der Waals surface area contributed by atoms with Gasteiger partial charge in [-0.15, -0.1) is 0 Å². The van der Waals surface area contributed by atoms with E-state index in [1.165, 1.54) is 12.1 Å². The Balaban J connectivity index is 1.96. The van der Waals surface area contributed by atoms with Crippen molar-refractivity contribution in [2.75, 3.05) is 5.32 Å². The van der Waals surface area contributed by atoms with Crippen molar-refractivity contribution in [2.45, 2.75) is 58.2 Å². The Morgan fingerprint density at radius 3 is 2.66 bits per heavy atom. The van der Waals surface area contributed by atoms with Crippen molar-refractivity contribution in [3.8, 4) is 17.2 Å². The fraction of sp³-hybridized carbons (Fsp3) is 0.409. The topological polar surface area (TPSA) is 98.0 Å². The molecule has 152 valence electrons. The zero-order valence-corrected chi connectivity index (χ0v) is 17.0. The van der Waals surface area contributed by atoms with E-state index < -0.39 is 17.3 Å². The maximum Gasteiger partial charge on any atom is 0.254 e. The molecule has 3 N–H and O–H groups in total. The molecule has 29 heavy (non-hydrogen) atoms. The lowest BCUT2D eigenvalue weighted by Gasteiger charge is -2.27. The number of halogens is 1. The Kier molecular flexibility index (Phi) is 5.58. The van der Waals surface area contributed by atoms with Gasteiger partial charge in [-0.25, -0.2) is 9.37 Å². The first-order chi connectivity index (χ1) is 13.6. The van der Waals surface area contributed by atoms with E-state index in [-0.39, 0.29) is 17.6 Å². The maximum absolute atomic E-state index is 14.4. The van der Waals surface area contributed by atoms with Crippen LogP contribution >= 0.6 is 0 Å². The van der Waals surface area contributed by atoms with Gasteiger partial charge in [-0.3, -0.25) is 4.79 Å². The lowest BCUT2D eigenvalue weighted by atomic mass is 9.97. The lowest BCUT2D eigenvalue weighted by molar-refractivity contribution is 0.0647. The van der Waals surface area contributed by atoms with Crippen LogP contribution in [0.4, 0.5) is 10.2 Å². The van der Waals surface area contributed by atoms with Crippen molar-refractivity contribution < 1.29 is 14.3 Å². The van der Waals surface area contributed by atoms with Crippen LogP contribution in [-0.4, -0.2) is 33.7 Å². The van der Waals surface area contributed by atoms with Gasteiger partial charge in [0.2, 0.25) is 0 Å². The van der Waals surface area contributed by atoms with E-state index >= 15 is 0 Å². The average Bonchev–Trinajstić information content (AvgIpc) is 3.45. The number of nitriles is 1. The molecule has 1 heterocycles. The predicted molar refractivity (Wildman–Crippen MR) is 109 cm³/mol. The fourth-order valence-corrected chi connectivity index (χ4v) is 2.84. The van der Waals surface area contributed by atoms with E-state index in [4.69, 9.17) is 0 Å². The molecule has 6 nitrogen and oxygen atoms in total. The number of anilines is 1. The number of aliphatic hydroxyl groups is 1. The molecule has 1 aromatic heterocycles. The molecule has 1 atom stereocenters. The number of nitrogens with one attached hydrogen (secondary N) is 2. The van der Waals surface area contributed by atoms with E-state index in [1.807, 2.05) is 0 Å². The highest BCUT2D eigenvalue weighted by atomic mass is 19.1. The second-order valence-electron chi connectivity index (χ2n) is 8.15. The number of carbonyl (C=O) groups is 1. The van der Waals surface area contributed by atoms with Crippen LogP contribution in [0.15, 0.2) is 24.4 Å². The van der Waals surface area contributed by atoms with Crippen LogP contribution in [0, 0.1) is 24.1 Å². The fourth-order valence-electron chi connectivity index (χ4n) is 2.84. The molecular formula is C22H25FN4O2. The van der Waals surface area contributed by atoms with Gasteiger partial charge in [-0.05, 0) is 69.9 Å². The largest absolute Gasteiger partial charge is 0.388 e. The van der Waals surface area contributed by atoms with Crippen molar-refractivity contribution in [3.63, 3.8) is 0 Å². The third kappa shape index (κ3) is 4.72. The predicted octanol–water partition coefficient (Wildman–Crippen LogP) is 3.53. The van der Waals surface area contributed by atoms with Crippen molar-refractivity contribution in [1.29, 1.82) is 5.26 Å². The van der Waals surface area contributed by atoms with E-state index in [2.05, 4.69) is 21.7 Å². The number of nitrogens with zero attached hydrogens (tertiary/aromatic N) is 2. The number of pyridine rings is 1. The van der Waals surface area contributed by atoms with Crippen LogP contribution in [0.5, 0.6) is 0 Å². The summed E-state index contributed by atoms with van der Waals surface area (Å²) in [5, 5.41) is 25.5. The summed E-state index contributed by atoms with van der Waals surface area (Å²) in [7, 11) is 0. The first-order valence-corrected chi connectivity index (χ1v) is 9.60. The van der Waals surface area contributed by atoms with Crippen LogP contribution in [0.1, 0.15) is 55.1 Å². The van der Waals surface area contributed by atoms with Crippen molar-refractivity contribution >= 4 is 11.7 Å². The van der Waals surface area contributed by atoms with Gasteiger partial charge in [0.1, 0.15) is 17.7 Å². The Bertz CT molecular complexity index is 988. The molecule has 0 bridgehead atoms. The summed E-state index contributed by atoms with van der Waals surface area (Å²) in [6.07, 6.45) is 3.40. The van der Waals surface area contributed by atoms with E-state index in [0.29, 0.717) is 28.1 Å². The summed E-state index contributed by atoms with van der Waals surface area (Å²) in [6, 6.07) is 6.38. The Hall–Kier alpha value is -2.98. The van der Waals surface area contributed by atoms with Crippen molar-refractivity contribution in [3.05, 3.63) is 46.9 Å². The molecule has 7 heteroatoms. The number of aromatic nitrogens is 1. The maximum atomic E-state index is 14.4. The summed E-state index contributed by atoms with van der Waals surface area (Å²) < 4.78 is 14.4. The molecule has 0 unspecified atom stereocenters. The molecule has 2 aromatic rings. The SMILES string of the molecule is Cc1cc(F)c(C(=O)NC2CC2)cc1-c1cnc(N[C@@H](C)C(C)(C)O)c(C#N)c1. The van der Waals surface area contributed by atoms with Crippen LogP contribution in [0.25, 0.3) is 11.1 Å². The molecule has 3 rings (SSSR count). The number of hydrogen-bond donors (Lipinski definition) is 3. The second-order valence-corrected chi connectivity index (χ2v) is 8.15. The number of amides is 1. The molecule has 1 amide bonds. The molecular weight excluding hydrogens is 371 g/mol. The minimum atomic E-state index is -0.996. The zero-order valence-electron chi connectivity index (χ0n) is 17.0. The summed E-state index contributed by atoms with van der Waals surface area (Å²) >= 11 is 0. The van der Waals surface area contributed by atoms with Crippen LogP contribution in [0.2, 0.25) is 0 Å². The molecule has 1 saturated carbocycles. The van der Waals surface area contributed by atoms with Gasteiger partial charge in [-0.1, -0.05) is 0 Å². The van der Waals surface area contributed by atoms with Crippen LogP contribution in [-0.2, 0) is 0 Å². The van der Waals surface area contributed by atoms with Gasteiger partial charge in [0.05, 0.1) is 22.8 Å². The van der Waals surface area contributed by atoms with E-state index in [9.17, 15) is 19.6 Å². The van der Waals surface area contributed by atoms with Gasteiger partial charge < -0.3 is 15.7 Å². The molecule has 0 aliphatic heterocycles. The second kappa shape index (κ2) is 7.80. The van der Waals surface area contributed by atoms with Crippen molar-refractivity contribution in [1.82, 2.24) is 10.3 Å². The minimum absolute atomic E-state index is 0.0196. The smallest absolute Gasteiger partial charge is 0.254 e. The van der Waals surface area contributed by atoms with Gasteiger partial charge in [-0.2, -0.15) is 5.26 Å². The molecule has 1 aliphatic rings. The average molecular weight is 396 g/mol. The first kappa shape index (κ1) is 20.7. The third-order valence-electron chi connectivity index (χ3n) is 5.20. The van der Waals surface area contributed by atoms with Crippen molar-refractivity contribution in [2.24, 2.45) is 0 Å². The van der Waals surface area contributed by atoms with Gasteiger partial charge in [0.15, 0.2) is 0 Å². The monoisotopic (exact) mass is 396 g/mol. The Labute approximate surface area is 169 Å². The lowest BCUT2D eigenvalue weighted by Crippen LogP contribution is -2.39. The van der Waals surface area contributed by atoms with E-state index in [1.54, 1.807) is 40.0 Å². The van der Waals surface area contributed by atoms with Crippen LogP contribution in [0.3, 0.4) is 0 Å². The number of rotatable bonds is 6. The number of carbonyl (C=O) groups excluding carboxylic acids is 1. The molecule has 0 saturated heterocycles. The highest BCUT2D eigenvalue weighted by molar-refractivity contribution is 5.96. The summed E-state index contributed by atoms with van der Waals surface area (Å²) in [5.41, 5.74) is 1.17. The molecule has 1 aromatic carbocycles. The minimum Gasteiger partial charge on any atom is -0.388 e. The summed E-state index contributed by atoms with van der Waals surface area (Å²) in [6.45, 7) is 6.88. The molecule has 0 spiro atoms. The quantitative estimate of drug-likeness (QED) is 0.694. The Morgan fingerprint density at radius 1 is 1.38 bits per heavy atom. The normalized spacial score (nSPS) is 14.8. The van der Waals surface area contributed by atoms with Gasteiger partial charge in [0, 0.05) is 17.8 Å². The highest BCUT2D eigenvalue weighted by Crippen LogP contribution is 2.29. The Morgan fingerprint density at radius 2 is 2.07 bits per heavy atom. The number of hydrogen-bond acceptors (Lipinski definition) is 5. The standard InChI is InChI=1S/C22H25FN4O2/c1-12-7-19(23)18(21(28)27-16-5-6-16)9-17(12)15-8-14(10-24)20(25-11-15)26-13(2)22(3,4)29/h7-9,11,13,16,29H,5-6H2,1-4H3,(H,25,26)(H,27,28)/t13-/m0/s1. The first-order valence-electron chi connectivity index (χ1n) is 9.60. The highest BCUT2D eigenvalue weighted by Gasteiger charge is 2.26. The number of benzene rings is 1. The molecule has 1 fully saturated rings. The van der Waals surface area contributed by atoms with Gasteiger partial charge >= 0.3 is 0 Å².